The average molecular weight is 155 g/mol. The molecule has 0 bridgehead atoms. The van der Waals surface area contributed by atoms with Crippen LogP contribution in [0, 0.1) is 17.3 Å². The normalized spacial score (nSPS) is 45.8. The monoisotopic (exact) mass is 155 g/mol. The van der Waals surface area contributed by atoms with E-state index in [1.165, 1.54) is 19.3 Å². The number of rotatable bonds is 1. The average Bonchev–Trinajstić information content (AvgIpc) is 1.98. The summed E-state index contributed by atoms with van der Waals surface area (Å²) in [5, 5.41) is 0. The van der Waals surface area contributed by atoms with Gasteiger partial charge in [-0.3, -0.25) is 0 Å². The van der Waals surface area contributed by atoms with Crippen molar-refractivity contribution in [3.63, 3.8) is 0 Å². The molecule has 0 saturated heterocycles. The van der Waals surface area contributed by atoms with Crippen LogP contribution >= 0.6 is 0 Å². The predicted molar refractivity (Wildman–Crippen MR) is 49.3 cm³/mol. The highest BCUT2D eigenvalue weighted by atomic mass is 14.6. The molecule has 66 valence electrons. The summed E-state index contributed by atoms with van der Waals surface area (Å²) in [6.07, 6.45) is 4.07. The van der Waals surface area contributed by atoms with Crippen molar-refractivity contribution in [3.05, 3.63) is 0 Å². The first kappa shape index (κ1) is 9.05. The summed E-state index contributed by atoms with van der Waals surface area (Å²) in [7, 11) is 0. The minimum atomic E-state index is 0.437. The molecule has 0 aromatic heterocycles. The molecule has 1 aliphatic rings. The number of hydrogen-bond donors (Lipinski definition) is 1. The molecule has 0 aromatic rings. The van der Waals surface area contributed by atoms with Gasteiger partial charge in [-0.05, 0) is 36.6 Å². The molecular formula is C10H21N. The Hall–Kier alpha value is -0.0400. The molecule has 1 nitrogen and oxygen atoms in total. The topological polar surface area (TPSA) is 26.0 Å². The largest absolute Gasteiger partial charge is 0.330 e. The maximum Gasteiger partial charge on any atom is -0.00206 e. The Morgan fingerprint density at radius 2 is 2.09 bits per heavy atom. The van der Waals surface area contributed by atoms with Gasteiger partial charge in [0.2, 0.25) is 0 Å². The van der Waals surface area contributed by atoms with E-state index in [4.69, 9.17) is 5.73 Å². The van der Waals surface area contributed by atoms with Crippen LogP contribution in [0.25, 0.3) is 0 Å². The third kappa shape index (κ3) is 1.76. The van der Waals surface area contributed by atoms with Crippen molar-refractivity contribution in [2.24, 2.45) is 23.0 Å². The van der Waals surface area contributed by atoms with Crippen molar-refractivity contribution in [2.45, 2.75) is 40.0 Å². The molecule has 0 aromatic carbocycles. The van der Waals surface area contributed by atoms with Gasteiger partial charge in [-0.1, -0.05) is 27.2 Å². The van der Waals surface area contributed by atoms with Gasteiger partial charge in [0, 0.05) is 0 Å². The Morgan fingerprint density at radius 3 is 2.55 bits per heavy atom. The molecule has 1 saturated carbocycles. The fourth-order valence-electron chi connectivity index (χ4n) is 2.13. The molecule has 3 unspecified atom stereocenters. The lowest BCUT2D eigenvalue weighted by Crippen LogP contribution is -2.38. The maximum atomic E-state index is 5.77. The van der Waals surface area contributed by atoms with Crippen molar-refractivity contribution in [3.8, 4) is 0 Å². The second kappa shape index (κ2) is 3.14. The van der Waals surface area contributed by atoms with E-state index < -0.39 is 0 Å². The van der Waals surface area contributed by atoms with Gasteiger partial charge < -0.3 is 5.73 Å². The summed E-state index contributed by atoms with van der Waals surface area (Å²) < 4.78 is 0. The van der Waals surface area contributed by atoms with Crippen molar-refractivity contribution < 1.29 is 0 Å². The van der Waals surface area contributed by atoms with Crippen molar-refractivity contribution in [1.29, 1.82) is 0 Å². The Bertz CT molecular complexity index is 133. The molecule has 0 heterocycles. The molecule has 0 amide bonds. The second-order valence-corrected chi connectivity index (χ2v) is 4.64. The summed E-state index contributed by atoms with van der Waals surface area (Å²) in [5.74, 6) is 1.74. The first-order valence-corrected chi connectivity index (χ1v) is 4.78. The predicted octanol–water partition coefficient (Wildman–Crippen LogP) is 2.41. The molecule has 1 fully saturated rings. The number of nitrogens with two attached hydrogens (primary N) is 1. The summed E-state index contributed by atoms with van der Waals surface area (Å²) in [5.41, 5.74) is 6.21. The third-order valence-electron chi connectivity index (χ3n) is 3.62. The van der Waals surface area contributed by atoms with Crippen LogP contribution in [-0.4, -0.2) is 6.54 Å². The van der Waals surface area contributed by atoms with E-state index in [1.54, 1.807) is 0 Å². The summed E-state index contributed by atoms with van der Waals surface area (Å²) >= 11 is 0. The van der Waals surface area contributed by atoms with Crippen LogP contribution in [0.4, 0.5) is 0 Å². The molecule has 1 aliphatic carbocycles. The summed E-state index contributed by atoms with van der Waals surface area (Å²) in [6.45, 7) is 7.90. The van der Waals surface area contributed by atoms with Gasteiger partial charge in [0.15, 0.2) is 0 Å². The van der Waals surface area contributed by atoms with Crippen LogP contribution in [-0.2, 0) is 0 Å². The Balaban J connectivity index is 2.56. The van der Waals surface area contributed by atoms with Crippen molar-refractivity contribution >= 4 is 0 Å². The minimum absolute atomic E-state index is 0.437. The molecule has 1 rings (SSSR count). The molecule has 0 spiro atoms. The van der Waals surface area contributed by atoms with Gasteiger partial charge in [-0.15, -0.1) is 0 Å². The molecule has 0 aliphatic heterocycles. The lowest BCUT2D eigenvalue weighted by molar-refractivity contribution is 0.108. The van der Waals surface area contributed by atoms with E-state index >= 15 is 0 Å². The van der Waals surface area contributed by atoms with E-state index in [-0.39, 0.29) is 0 Å². The SMILES string of the molecule is CC1CCC(C)(CN)C(C)C1. The van der Waals surface area contributed by atoms with Gasteiger partial charge in [0.05, 0.1) is 0 Å². The van der Waals surface area contributed by atoms with Crippen LogP contribution in [0.1, 0.15) is 40.0 Å². The lowest BCUT2D eigenvalue weighted by Gasteiger charge is -2.41. The van der Waals surface area contributed by atoms with Gasteiger partial charge in [-0.25, -0.2) is 0 Å². The highest BCUT2D eigenvalue weighted by Crippen LogP contribution is 2.41. The molecule has 2 N–H and O–H groups in total. The first-order valence-electron chi connectivity index (χ1n) is 4.78. The number of hydrogen-bond acceptors (Lipinski definition) is 1. The fraction of sp³-hybridized carbons (Fsp3) is 1.00. The highest BCUT2D eigenvalue weighted by Gasteiger charge is 2.34. The van der Waals surface area contributed by atoms with Gasteiger partial charge >= 0.3 is 0 Å². The van der Waals surface area contributed by atoms with Crippen LogP contribution in [0.3, 0.4) is 0 Å². The standard InChI is InChI=1S/C10H21N/c1-8-4-5-10(3,7-11)9(2)6-8/h8-9H,4-7,11H2,1-3H3. The van der Waals surface area contributed by atoms with Gasteiger partial charge in [0.1, 0.15) is 0 Å². The lowest BCUT2D eigenvalue weighted by atomic mass is 9.65. The van der Waals surface area contributed by atoms with E-state index in [0.717, 1.165) is 18.4 Å². The molecule has 1 heteroatoms. The highest BCUT2D eigenvalue weighted by molar-refractivity contribution is 4.86. The van der Waals surface area contributed by atoms with Crippen molar-refractivity contribution in [1.82, 2.24) is 0 Å². The van der Waals surface area contributed by atoms with Gasteiger partial charge in [0.25, 0.3) is 0 Å². The van der Waals surface area contributed by atoms with Gasteiger partial charge in [-0.2, -0.15) is 0 Å². The second-order valence-electron chi connectivity index (χ2n) is 4.64. The third-order valence-corrected chi connectivity index (χ3v) is 3.62. The summed E-state index contributed by atoms with van der Waals surface area (Å²) in [4.78, 5) is 0. The van der Waals surface area contributed by atoms with Crippen LogP contribution in [0.5, 0.6) is 0 Å². The van der Waals surface area contributed by atoms with Crippen LogP contribution < -0.4 is 5.73 Å². The molecule has 0 radical (unpaired) electrons. The smallest absolute Gasteiger partial charge is 0.00206 e. The Labute approximate surface area is 70.4 Å². The maximum absolute atomic E-state index is 5.77. The quantitative estimate of drug-likeness (QED) is 0.618. The van der Waals surface area contributed by atoms with E-state index in [0.29, 0.717) is 5.41 Å². The Kier molecular flexibility index (Phi) is 2.58. The fourth-order valence-corrected chi connectivity index (χ4v) is 2.13. The minimum Gasteiger partial charge on any atom is -0.330 e. The summed E-state index contributed by atoms with van der Waals surface area (Å²) in [6, 6.07) is 0. The Morgan fingerprint density at radius 1 is 1.45 bits per heavy atom. The molecular weight excluding hydrogens is 134 g/mol. The zero-order valence-corrected chi connectivity index (χ0v) is 8.06. The van der Waals surface area contributed by atoms with Crippen LogP contribution in [0.2, 0.25) is 0 Å². The molecule has 3 atom stereocenters. The van der Waals surface area contributed by atoms with Crippen molar-refractivity contribution in [2.75, 3.05) is 6.54 Å². The van der Waals surface area contributed by atoms with E-state index in [2.05, 4.69) is 20.8 Å². The molecule has 11 heavy (non-hydrogen) atoms. The zero-order chi connectivity index (χ0) is 8.48. The zero-order valence-electron chi connectivity index (χ0n) is 8.06. The van der Waals surface area contributed by atoms with E-state index in [1.807, 2.05) is 0 Å². The first-order chi connectivity index (χ1) is 5.08. The van der Waals surface area contributed by atoms with E-state index in [9.17, 15) is 0 Å². The van der Waals surface area contributed by atoms with Crippen LogP contribution in [0.15, 0.2) is 0 Å².